The summed E-state index contributed by atoms with van der Waals surface area (Å²) in [5.74, 6) is 0.447. The number of nitrogens with one attached hydrogen (secondary N) is 2. The van der Waals surface area contributed by atoms with E-state index in [4.69, 9.17) is 0 Å². The van der Waals surface area contributed by atoms with Gasteiger partial charge in [-0.2, -0.15) is 0 Å². The number of aromatic nitrogens is 2. The summed E-state index contributed by atoms with van der Waals surface area (Å²) >= 11 is 0. The number of carbonyl (C=O) groups excluding carboxylic acids is 1. The highest BCUT2D eigenvalue weighted by molar-refractivity contribution is 6.09. The van der Waals surface area contributed by atoms with Crippen LogP contribution in [0.1, 0.15) is 31.1 Å². The molecule has 2 N–H and O–H groups in total. The number of hydrogen-bond donors (Lipinski definition) is 2. The van der Waals surface area contributed by atoms with Crippen molar-refractivity contribution >= 4 is 39.2 Å². The van der Waals surface area contributed by atoms with E-state index in [0.29, 0.717) is 17.9 Å². The van der Waals surface area contributed by atoms with Gasteiger partial charge in [0, 0.05) is 53.3 Å². The summed E-state index contributed by atoms with van der Waals surface area (Å²) in [6.45, 7) is 10.7. The first kappa shape index (κ1) is 21.8. The second kappa shape index (κ2) is 9.83. The first-order valence-corrected chi connectivity index (χ1v) is 11.4. The molecule has 2 heterocycles. The molecule has 6 nitrogen and oxygen atoms in total. The molecule has 2 aromatic carbocycles. The van der Waals surface area contributed by atoms with E-state index in [1.165, 1.54) is 21.8 Å². The smallest absolute Gasteiger partial charge is 0.255 e. The third-order valence-corrected chi connectivity index (χ3v) is 6.01. The Morgan fingerprint density at radius 2 is 1.75 bits per heavy atom. The fraction of sp³-hybridized carbons (Fsp3) is 0.308. The van der Waals surface area contributed by atoms with Crippen molar-refractivity contribution in [1.82, 2.24) is 19.8 Å². The fourth-order valence-corrected chi connectivity index (χ4v) is 4.26. The van der Waals surface area contributed by atoms with Gasteiger partial charge in [0.05, 0.1) is 5.56 Å². The van der Waals surface area contributed by atoms with E-state index >= 15 is 0 Å². The largest absolute Gasteiger partial charge is 0.351 e. The molecule has 32 heavy (non-hydrogen) atoms. The van der Waals surface area contributed by atoms with Gasteiger partial charge in [-0.1, -0.05) is 32.0 Å². The number of aryl methyl sites for hydroxylation is 1. The van der Waals surface area contributed by atoms with Gasteiger partial charge in [-0.15, -0.1) is 0 Å². The Hall–Kier alpha value is -3.38. The van der Waals surface area contributed by atoms with Gasteiger partial charge in [-0.25, -0.2) is 4.98 Å². The van der Waals surface area contributed by atoms with Crippen LogP contribution >= 0.6 is 0 Å². The summed E-state index contributed by atoms with van der Waals surface area (Å²) in [5.41, 5.74) is 3.89. The molecule has 0 fully saturated rings. The van der Waals surface area contributed by atoms with Crippen molar-refractivity contribution in [3.8, 4) is 0 Å². The van der Waals surface area contributed by atoms with E-state index in [2.05, 4.69) is 82.3 Å². The average Bonchev–Trinajstić information content (AvgIpc) is 3.15. The molecule has 0 bridgehead atoms. The van der Waals surface area contributed by atoms with Crippen LogP contribution in [0.15, 0.2) is 60.8 Å². The Balaban J connectivity index is 1.58. The van der Waals surface area contributed by atoms with Gasteiger partial charge in [-0.05, 0) is 56.4 Å². The molecule has 0 unspecified atom stereocenters. The molecule has 4 rings (SSSR count). The van der Waals surface area contributed by atoms with E-state index in [-0.39, 0.29) is 5.91 Å². The SMILES string of the molecule is CCN(CC)CCNC(=O)c1cccnc1Nc1ccc2c(c1)c1ccccc1n2CC. The van der Waals surface area contributed by atoms with Crippen LogP contribution in [0.2, 0.25) is 0 Å². The Morgan fingerprint density at radius 3 is 2.53 bits per heavy atom. The quantitative estimate of drug-likeness (QED) is 0.392. The maximum atomic E-state index is 12.8. The molecule has 166 valence electrons. The van der Waals surface area contributed by atoms with Crippen molar-refractivity contribution in [2.45, 2.75) is 27.3 Å². The molecular weight excluding hydrogens is 398 g/mol. The van der Waals surface area contributed by atoms with Crippen LogP contribution in [0.25, 0.3) is 21.8 Å². The highest BCUT2D eigenvalue weighted by Crippen LogP contribution is 2.32. The van der Waals surface area contributed by atoms with E-state index < -0.39 is 0 Å². The molecule has 0 radical (unpaired) electrons. The standard InChI is InChI=1S/C26H31N5O/c1-4-30(5-2)17-16-28-26(32)21-11-9-15-27-25(21)29-19-13-14-24-22(18-19)20-10-7-8-12-23(20)31(24)6-3/h7-15,18H,4-6,16-17H2,1-3H3,(H,27,29)(H,28,32). The topological polar surface area (TPSA) is 62.2 Å². The van der Waals surface area contributed by atoms with Gasteiger partial charge in [0.15, 0.2) is 0 Å². The summed E-state index contributed by atoms with van der Waals surface area (Å²) in [4.78, 5) is 19.6. The zero-order valence-corrected chi connectivity index (χ0v) is 19.1. The van der Waals surface area contributed by atoms with Crippen LogP contribution in [0.5, 0.6) is 0 Å². The normalized spacial score (nSPS) is 11.4. The number of nitrogens with zero attached hydrogens (tertiary/aromatic N) is 3. The fourth-order valence-electron chi connectivity index (χ4n) is 4.26. The van der Waals surface area contributed by atoms with Gasteiger partial charge in [0.1, 0.15) is 5.82 Å². The lowest BCUT2D eigenvalue weighted by Gasteiger charge is -2.18. The van der Waals surface area contributed by atoms with Crippen molar-refractivity contribution in [2.24, 2.45) is 0 Å². The highest BCUT2D eigenvalue weighted by atomic mass is 16.1. The first-order valence-electron chi connectivity index (χ1n) is 11.4. The van der Waals surface area contributed by atoms with E-state index in [0.717, 1.165) is 31.9 Å². The molecule has 0 aliphatic heterocycles. The summed E-state index contributed by atoms with van der Waals surface area (Å²) in [6, 6.07) is 18.4. The van der Waals surface area contributed by atoms with Gasteiger partial charge in [0.25, 0.3) is 5.91 Å². The molecule has 4 aromatic rings. The zero-order valence-electron chi connectivity index (χ0n) is 19.1. The Bertz CT molecular complexity index is 1230. The number of anilines is 2. The minimum Gasteiger partial charge on any atom is -0.351 e. The van der Waals surface area contributed by atoms with Crippen molar-refractivity contribution in [2.75, 3.05) is 31.5 Å². The summed E-state index contributed by atoms with van der Waals surface area (Å²) in [7, 11) is 0. The molecule has 6 heteroatoms. The zero-order chi connectivity index (χ0) is 22.5. The monoisotopic (exact) mass is 429 g/mol. The van der Waals surface area contributed by atoms with Crippen LogP contribution in [-0.4, -0.2) is 46.5 Å². The summed E-state index contributed by atoms with van der Waals surface area (Å²) < 4.78 is 2.32. The van der Waals surface area contributed by atoms with Crippen LogP contribution < -0.4 is 10.6 Å². The molecule has 0 aliphatic carbocycles. The van der Waals surface area contributed by atoms with E-state index in [9.17, 15) is 4.79 Å². The van der Waals surface area contributed by atoms with Crippen LogP contribution in [0.3, 0.4) is 0 Å². The minimum atomic E-state index is -0.114. The number of pyridine rings is 1. The molecule has 2 aromatic heterocycles. The number of para-hydroxylation sites is 1. The number of likely N-dealkylation sites (N-methyl/N-ethyl adjacent to an activating group) is 1. The molecule has 0 saturated heterocycles. The Morgan fingerprint density at radius 1 is 0.969 bits per heavy atom. The number of amides is 1. The van der Waals surface area contributed by atoms with Gasteiger partial charge >= 0.3 is 0 Å². The van der Waals surface area contributed by atoms with Gasteiger partial charge in [0.2, 0.25) is 0 Å². The second-order valence-corrected chi connectivity index (χ2v) is 7.80. The molecule has 0 aliphatic rings. The van der Waals surface area contributed by atoms with E-state index in [1.54, 1.807) is 12.3 Å². The lowest BCUT2D eigenvalue weighted by Crippen LogP contribution is -2.35. The average molecular weight is 430 g/mol. The third kappa shape index (κ3) is 4.32. The predicted molar refractivity (Wildman–Crippen MR) is 133 cm³/mol. The minimum absolute atomic E-state index is 0.114. The molecule has 0 spiro atoms. The number of carbonyl (C=O) groups is 1. The maximum Gasteiger partial charge on any atom is 0.255 e. The van der Waals surface area contributed by atoms with Crippen molar-refractivity contribution < 1.29 is 4.79 Å². The van der Waals surface area contributed by atoms with Gasteiger partial charge in [-0.3, -0.25) is 4.79 Å². The molecule has 0 atom stereocenters. The maximum absolute atomic E-state index is 12.8. The van der Waals surface area contributed by atoms with Crippen LogP contribution in [0.4, 0.5) is 11.5 Å². The Kier molecular flexibility index (Phi) is 6.71. The predicted octanol–water partition coefficient (Wildman–Crippen LogP) is 5.02. The van der Waals surface area contributed by atoms with E-state index in [1.807, 2.05) is 12.1 Å². The molecular formula is C26H31N5O. The van der Waals surface area contributed by atoms with Crippen LogP contribution in [-0.2, 0) is 6.54 Å². The number of fused-ring (bicyclic) bond motifs is 3. The first-order chi connectivity index (χ1) is 15.7. The lowest BCUT2D eigenvalue weighted by molar-refractivity contribution is 0.0949. The van der Waals surface area contributed by atoms with Crippen molar-refractivity contribution in [3.05, 3.63) is 66.4 Å². The van der Waals surface area contributed by atoms with Crippen molar-refractivity contribution in [3.63, 3.8) is 0 Å². The Labute approximate surface area is 189 Å². The van der Waals surface area contributed by atoms with Crippen molar-refractivity contribution in [1.29, 1.82) is 0 Å². The molecule has 0 saturated carbocycles. The third-order valence-electron chi connectivity index (χ3n) is 6.01. The lowest BCUT2D eigenvalue weighted by atomic mass is 10.1. The van der Waals surface area contributed by atoms with Crippen LogP contribution in [0, 0.1) is 0 Å². The van der Waals surface area contributed by atoms with Gasteiger partial charge < -0.3 is 20.1 Å². The second-order valence-electron chi connectivity index (χ2n) is 7.80. The number of rotatable bonds is 9. The summed E-state index contributed by atoms with van der Waals surface area (Å²) in [6.07, 6.45) is 1.70. The molecule has 1 amide bonds. The highest BCUT2D eigenvalue weighted by Gasteiger charge is 2.14. The summed E-state index contributed by atoms with van der Waals surface area (Å²) in [5, 5.41) is 8.81. The number of hydrogen-bond acceptors (Lipinski definition) is 4. The number of benzene rings is 2.